The minimum Gasteiger partial charge on any atom is -0.344 e. The van der Waals surface area contributed by atoms with E-state index in [0.717, 1.165) is 16.5 Å². The number of nitrogens with one attached hydrogen (secondary N) is 3. The Morgan fingerprint density at radius 1 is 1.07 bits per heavy atom. The van der Waals surface area contributed by atoms with Gasteiger partial charge in [0.25, 0.3) is 11.5 Å². The van der Waals surface area contributed by atoms with E-state index in [1.165, 1.54) is 15.7 Å². The fourth-order valence-electron chi connectivity index (χ4n) is 7.88. The van der Waals surface area contributed by atoms with Crippen LogP contribution >= 0.6 is 0 Å². The van der Waals surface area contributed by atoms with Gasteiger partial charge in [-0.1, -0.05) is 57.2 Å². The minimum absolute atomic E-state index is 0.0231. The second-order valence-electron chi connectivity index (χ2n) is 16.5. The van der Waals surface area contributed by atoms with Gasteiger partial charge in [-0.25, -0.2) is 13.1 Å². The zero-order valence-electron chi connectivity index (χ0n) is 32.0. The molecule has 2 aromatic heterocycles. The first-order chi connectivity index (χ1) is 26.6. The van der Waals surface area contributed by atoms with Crippen LogP contribution in [-0.2, 0) is 35.6 Å². The molecule has 5 atom stereocenters. The lowest BCUT2D eigenvalue weighted by molar-refractivity contribution is -0.144. The quantitative estimate of drug-likeness (QED) is 0.302. The number of benzene rings is 1. The largest absolute Gasteiger partial charge is 0.344 e. The second kappa shape index (κ2) is 15.1. The second-order valence-corrected chi connectivity index (χ2v) is 18.5. The Morgan fingerprint density at radius 2 is 1.84 bits per heavy atom. The first-order valence-electron chi connectivity index (χ1n) is 19.3. The first-order valence-corrected chi connectivity index (χ1v) is 20.9. The zero-order valence-corrected chi connectivity index (χ0v) is 32.8. The Bertz CT molecular complexity index is 2290. The number of hydrogen-bond donors (Lipinski definition) is 3. The van der Waals surface area contributed by atoms with Crippen molar-refractivity contribution in [2.75, 3.05) is 6.54 Å². The Morgan fingerprint density at radius 3 is 2.55 bits per heavy atom. The van der Waals surface area contributed by atoms with Gasteiger partial charge in [-0.05, 0) is 68.1 Å². The predicted octanol–water partition coefficient (Wildman–Crippen LogP) is 3.47. The molecule has 3 aromatic rings. The van der Waals surface area contributed by atoms with Gasteiger partial charge in [0.2, 0.25) is 27.7 Å². The molecule has 296 valence electrons. The van der Waals surface area contributed by atoms with Crippen molar-refractivity contribution in [3.63, 3.8) is 0 Å². The predicted molar refractivity (Wildman–Crippen MR) is 210 cm³/mol. The Kier molecular flexibility index (Phi) is 10.5. The van der Waals surface area contributed by atoms with Crippen molar-refractivity contribution in [3.8, 4) is 11.1 Å². The average Bonchev–Trinajstić information content (AvgIpc) is 4.09. The molecular formula is C41H49N7O7S. The summed E-state index contributed by atoms with van der Waals surface area (Å²) >= 11 is 0. The van der Waals surface area contributed by atoms with Crippen molar-refractivity contribution in [3.05, 3.63) is 83.4 Å². The molecule has 2 saturated carbocycles. The van der Waals surface area contributed by atoms with Crippen molar-refractivity contribution in [2.45, 2.75) is 107 Å². The third kappa shape index (κ3) is 7.78. The van der Waals surface area contributed by atoms with Gasteiger partial charge in [0.1, 0.15) is 17.6 Å². The van der Waals surface area contributed by atoms with Crippen molar-refractivity contribution < 1.29 is 27.6 Å². The number of aromatic nitrogens is 3. The summed E-state index contributed by atoms with van der Waals surface area (Å²) in [5.41, 5.74) is 0.0398. The van der Waals surface area contributed by atoms with Crippen LogP contribution in [0.2, 0.25) is 0 Å². The van der Waals surface area contributed by atoms with E-state index in [-0.39, 0.29) is 37.3 Å². The van der Waals surface area contributed by atoms with E-state index in [9.17, 15) is 32.4 Å². The Labute approximate surface area is 326 Å². The highest BCUT2D eigenvalue weighted by Gasteiger charge is 2.62. The fourth-order valence-corrected chi connectivity index (χ4v) is 9.25. The number of sulfonamides is 1. The van der Waals surface area contributed by atoms with Crippen molar-refractivity contribution in [1.29, 1.82) is 0 Å². The molecule has 2 unspecified atom stereocenters. The first kappa shape index (κ1) is 39.1. The number of rotatable bonds is 7. The number of hydrogen-bond acceptors (Lipinski definition) is 9. The van der Waals surface area contributed by atoms with Gasteiger partial charge < -0.3 is 15.5 Å². The van der Waals surface area contributed by atoms with Crippen molar-refractivity contribution in [2.24, 2.45) is 11.3 Å². The zero-order chi connectivity index (χ0) is 40.0. The van der Waals surface area contributed by atoms with E-state index in [2.05, 4.69) is 32.0 Å². The average molecular weight is 784 g/mol. The molecule has 2 aliphatic carbocycles. The molecule has 3 fully saturated rings. The summed E-state index contributed by atoms with van der Waals surface area (Å²) in [6.07, 6.45) is 12.2. The number of pyridine rings is 1. The monoisotopic (exact) mass is 783 g/mol. The normalized spacial score (nSPS) is 26.5. The summed E-state index contributed by atoms with van der Waals surface area (Å²) in [6, 6.07) is 6.67. The third-order valence-electron chi connectivity index (χ3n) is 11.4. The standard InChI is InChI=1S/C41H49N7O7S/c1-5-27-22-41(27,39(53)46-56(54,55)29-17-18-29)45-36(50)33-21-28-24-47(33)38(52)35(40(2,3)4)44-34(49)14-10-8-6-7-9-13-30-31(23-43-48(28)37(30)51)26-16-15-25-12-11-19-42-32(25)20-26/h5-7,11-12,15-16,19-20,23,27-29,33,35H,1,8-10,13-14,17-18,21-22,24H2,2-4H3,(H,44,49)(H,45,50)(H,46,53)/b7-6+/t27-,28?,33+,35-,41?/m1/s1. The van der Waals surface area contributed by atoms with Crippen molar-refractivity contribution >= 4 is 44.6 Å². The molecule has 3 N–H and O–H groups in total. The molecule has 56 heavy (non-hydrogen) atoms. The molecule has 0 radical (unpaired) electrons. The molecular weight excluding hydrogens is 735 g/mol. The lowest BCUT2D eigenvalue weighted by Crippen LogP contribution is -2.60. The van der Waals surface area contributed by atoms with Gasteiger partial charge >= 0.3 is 0 Å². The summed E-state index contributed by atoms with van der Waals surface area (Å²) < 4.78 is 29.0. The van der Waals surface area contributed by atoms with Crippen LogP contribution in [-0.4, -0.2) is 81.1 Å². The lowest BCUT2D eigenvalue weighted by Gasteiger charge is -2.35. The smallest absolute Gasteiger partial charge is 0.270 e. The van der Waals surface area contributed by atoms with Crippen molar-refractivity contribution in [1.82, 2.24) is 35.0 Å². The van der Waals surface area contributed by atoms with E-state index in [1.54, 1.807) is 12.4 Å². The number of carbonyl (C=O) groups excluding carboxylic acids is 4. The highest BCUT2D eigenvalue weighted by molar-refractivity contribution is 7.91. The summed E-state index contributed by atoms with van der Waals surface area (Å²) in [5.74, 6) is -2.90. The van der Waals surface area contributed by atoms with Crippen LogP contribution in [0.4, 0.5) is 0 Å². The molecule has 4 bridgehead atoms. The molecule has 2 aliphatic heterocycles. The highest BCUT2D eigenvalue weighted by atomic mass is 32.2. The number of amides is 4. The summed E-state index contributed by atoms with van der Waals surface area (Å²) in [6.45, 7) is 9.17. The van der Waals surface area contributed by atoms with E-state index < -0.39 is 68.0 Å². The third-order valence-corrected chi connectivity index (χ3v) is 13.2. The molecule has 1 aromatic carbocycles. The maximum Gasteiger partial charge on any atom is 0.270 e. The molecule has 4 aliphatic rings. The van der Waals surface area contributed by atoms with Gasteiger partial charge in [0.15, 0.2) is 0 Å². The summed E-state index contributed by atoms with van der Waals surface area (Å²) in [7, 11) is -3.92. The van der Waals surface area contributed by atoms with Crippen LogP contribution < -0.4 is 20.9 Å². The SMILES string of the molecule is C=C[C@@H]1CC1(NC(=O)[C@@H]1CC2CN1C(=O)[C@H](C(C)(C)C)NC(=O)CCC/C=C/CCc1c(-c3ccc4cccnc4c3)cnn2c1=O)C(=O)NS(=O)(=O)C1CC1. The fraction of sp³-hybridized carbons (Fsp3) is 0.488. The number of carbonyl (C=O) groups is 4. The van der Waals surface area contributed by atoms with Gasteiger partial charge in [0, 0.05) is 48.0 Å². The van der Waals surface area contributed by atoms with Crippen LogP contribution in [0.3, 0.4) is 0 Å². The van der Waals surface area contributed by atoms with Gasteiger partial charge in [-0.2, -0.15) is 5.10 Å². The van der Waals surface area contributed by atoms with E-state index >= 15 is 0 Å². The van der Waals surface area contributed by atoms with Gasteiger partial charge in [-0.3, -0.25) is 33.7 Å². The number of nitrogens with zero attached hydrogens (tertiary/aromatic N) is 4. The Hall–Kier alpha value is -5.18. The van der Waals surface area contributed by atoms with Crippen LogP contribution in [0.15, 0.2) is 72.3 Å². The minimum atomic E-state index is -3.92. The molecule has 0 spiro atoms. The molecule has 7 rings (SSSR count). The van der Waals surface area contributed by atoms with E-state index in [4.69, 9.17) is 0 Å². The Balaban J connectivity index is 1.27. The maximum atomic E-state index is 14.7. The van der Waals surface area contributed by atoms with Crippen LogP contribution in [0.25, 0.3) is 22.0 Å². The molecule has 14 nitrogen and oxygen atoms in total. The number of allylic oxidation sites excluding steroid dienone is 2. The summed E-state index contributed by atoms with van der Waals surface area (Å²) in [4.78, 5) is 76.3. The molecule has 1 saturated heterocycles. The van der Waals surface area contributed by atoms with E-state index in [0.29, 0.717) is 49.7 Å². The molecule has 15 heteroatoms. The van der Waals surface area contributed by atoms with Crippen LogP contribution in [0.5, 0.6) is 0 Å². The van der Waals surface area contributed by atoms with E-state index in [1.807, 2.05) is 63.3 Å². The molecule has 4 heterocycles. The lowest BCUT2D eigenvalue weighted by atomic mass is 9.85. The van der Waals surface area contributed by atoms with Crippen LogP contribution in [0, 0.1) is 11.3 Å². The maximum absolute atomic E-state index is 14.7. The van der Waals surface area contributed by atoms with Gasteiger partial charge in [-0.15, -0.1) is 6.58 Å². The summed E-state index contributed by atoms with van der Waals surface area (Å²) in [5, 5.41) is 10.7. The molecule has 4 amide bonds. The topological polar surface area (TPSA) is 190 Å². The highest BCUT2D eigenvalue weighted by Crippen LogP contribution is 2.46. The van der Waals surface area contributed by atoms with Crippen LogP contribution in [0.1, 0.15) is 83.7 Å². The van der Waals surface area contributed by atoms with Gasteiger partial charge in [0.05, 0.1) is 23.0 Å². The number of fused-ring (bicyclic) bond motifs is 6.